The monoisotopic (exact) mass is 807 g/mol. The van der Waals surface area contributed by atoms with Gasteiger partial charge in [0.2, 0.25) is 0 Å². The highest BCUT2D eigenvalue weighted by Crippen LogP contribution is 2.34. The van der Waals surface area contributed by atoms with Crippen molar-refractivity contribution in [3.8, 4) is 39.9 Å². The molecule has 53 heavy (non-hydrogen) atoms. The molecule has 0 amide bonds. The number of hydrogen-bond acceptors (Lipinski definition) is 5. The van der Waals surface area contributed by atoms with Crippen LogP contribution in [0.15, 0.2) is 109 Å². The van der Waals surface area contributed by atoms with E-state index in [0.29, 0.717) is 48.7 Å². The second-order valence-corrected chi connectivity index (χ2v) is 14.0. The van der Waals surface area contributed by atoms with Crippen LogP contribution in [-0.4, -0.2) is 21.9 Å². The molecule has 1 aliphatic heterocycles. The molecule has 11 heteroatoms. The largest absolute Gasteiger partial charge is 0.456 e. The minimum absolute atomic E-state index is 0. The van der Waals surface area contributed by atoms with Crippen molar-refractivity contribution in [3.63, 3.8) is 0 Å². The van der Waals surface area contributed by atoms with Crippen molar-refractivity contribution in [2.75, 3.05) is 6.54 Å². The summed E-state index contributed by atoms with van der Waals surface area (Å²) in [4.78, 5) is 16.1. The number of ketones is 1. The molecule has 0 radical (unpaired) electrons. The number of carbonyl (C=O) groups excluding carboxylic acids is 1. The smallest absolute Gasteiger partial charge is 0.159 e. The number of imidazole rings is 1. The molecule has 1 N–H and O–H groups in total. The molecule has 274 valence electrons. The van der Waals surface area contributed by atoms with Crippen molar-refractivity contribution >= 4 is 64.6 Å². The van der Waals surface area contributed by atoms with Crippen LogP contribution in [0.25, 0.3) is 16.9 Å². The van der Waals surface area contributed by atoms with Gasteiger partial charge >= 0.3 is 0 Å². The molecule has 0 atom stereocenters. The van der Waals surface area contributed by atoms with E-state index in [2.05, 4.69) is 41.2 Å². The summed E-state index contributed by atoms with van der Waals surface area (Å²) < 4.78 is 13.8. The van der Waals surface area contributed by atoms with Gasteiger partial charge in [0.1, 0.15) is 28.8 Å². The Morgan fingerprint density at radius 2 is 1.38 bits per heavy atom. The highest BCUT2D eigenvalue weighted by molar-refractivity contribution is 6.36. The van der Waals surface area contributed by atoms with Gasteiger partial charge in [-0.25, -0.2) is 4.98 Å². The van der Waals surface area contributed by atoms with E-state index in [4.69, 9.17) is 60.9 Å². The summed E-state index contributed by atoms with van der Waals surface area (Å²) in [5.41, 5.74) is 6.63. The van der Waals surface area contributed by atoms with Crippen LogP contribution in [0.1, 0.15) is 54.0 Å². The van der Waals surface area contributed by atoms with Gasteiger partial charge in [-0.1, -0.05) is 65.8 Å². The van der Waals surface area contributed by atoms with Crippen LogP contribution in [0.3, 0.4) is 0 Å². The number of carbonyl (C=O) groups is 1. The van der Waals surface area contributed by atoms with Crippen molar-refractivity contribution in [2.24, 2.45) is 0 Å². The summed E-state index contributed by atoms with van der Waals surface area (Å²) in [6, 6.07) is 31.8. The fourth-order valence-electron chi connectivity index (χ4n) is 5.73. The number of nitrogens with one attached hydrogen (secondary N) is 1. The fraction of sp³-hybridized carbons (Fsp3) is 0.190. The number of fused-ring (bicyclic) bond motifs is 1. The third-order valence-electron chi connectivity index (χ3n) is 8.54. The topological polar surface area (TPSA) is 65.4 Å². The van der Waals surface area contributed by atoms with Crippen molar-refractivity contribution < 1.29 is 14.3 Å². The zero-order chi connectivity index (χ0) is 36.6. The van der Waals surface area contributed by atoms with E-state index in [1.807, 2.05) is 24.3 Å². The molecule has 0 fully saturated rings. The second kappa shape index (κ2) is 18.8. The molecule has 0 spiro atoms. The average Bonchev–Trinajstić information content (AvgIpc) is 3.58. The Morgan fingerprint density at radius 1 is 0.774 bits per heavy atom. The Labute approximate surface area is 336 Å². The molecule has 0 bridgehead atoms. The van der Waals surface area contributed by atoms with Crippen LogP contribution < -0.4 is 14.8 Å². The number of aryl methyl sites for hydroxylation is 1. The summed E-state index contributed by atoms with van der Waals surface area (Å²) in [7, 11) is 0. The van der Waals surface area contributed by atoms with E-state index in [0.717, 1.165) is 55.9 Å². The van der Waals surface area contributed by atoms with Crippen molar-refractivity contribution in [2.45, 2.75) is 46.1 Å². The van der Waals surface area contributed by atoms with Gasteiger partial charge in [-0.2, -0.15) is 0 Å². The zero-order valence-corrected chi connectivity index (χ0v) is 33.0. The van der Waals surface area contributed by atoms with Crippen LogP contribution in [0, 0.1) is 0 Å². The predicted molar refractivity (Wildman–Crippen MR) is 220 cm³/mol. The number of benzene rings is 5. The van der Waals surface area contributed by atoms with Gasteiger partial charge in [-0.05, 0) is 134 Å². The maximum atomic E-state index is 11.1. The second-order valence-electron chi connectivity index (χ2n) is 12.4. The van der Waals surface area contributed by atoms with Crippen LogP contribution >= 0.6 is 58.8 Å². The Kier molecular flexibility index (Phi) is 14.3. The molecule has 0 aliphatic carbocycles. The molecule has 1 aliphatic rings. The van der Waals surface area contributed by atoms with E-state index in [9.17, 15) is 4.79 Å². The number of nitrogens with zero attached hydrogens (tertiary/aromatic N) is 2. The first-order chi connectivity index (χ1) is 25.2. The third kappa shape index (κ3) is 10.6. The standard InChI is InChI=1S/C28H27Cl2N3O.C14H10Cl2O2.ClH/c1-2-3-4-28-32-26(18-33(28)23-9-5-19-13-14-31-17-21(19)15-23)20-6-10-24(11-7-20)34-27-12-8-22(29)16-25(27)30;1-9(17)10-2-5-12(6-3-10)18-14-7-4-11(15)8-13(14)16;/h5-12,15-16,18,31H,2-4,13-14,17H2,1H3;2-8H,1H3;1H. The van der Waals surface area contributed by atoms with Gasteiger partial charge in [0.25, 0.3) is 0 Å². The SMILES string of the molecule is CC(=O)c1ccc(Oc2ccc(Cl)cc2Cl)cc1.CCCCc1nc(-c2ccc(Oc3ccc(Cl)cc3Cl)cc2)cn1-c1ccc2c(c1)CNCC2.Cl. The summed E-state index contributed by atoms with van der Waals surface area (Å²) in [6.45, 7) is 5.71. The normalized spacial score (nSPS) is 11.8. The van der Waals surface area contributed by atoms with E-state index >= 15 is 0 Å². The zero-order valence-electron chi connectivity index (χ0n) is 29.2. The van der Waals surface area contributed by atoms with Crippen LogP contribution in [0.2, 0.25) is 20.1 Å². The fourth-order valence-corrected chi connectivity index (χ4v) is 6.62. The number of aromatic nitrogens is 2. The number of ether oxygens (including phenoxy) is 2. The molecule has 0 saturated heterocycles. The first-order valence-corrected chi connectivity index (χ1v) is 18.6. The Hall–Kier alpha value is -4.01. The van der Waals surface area contributed by atoms with Crippen LogP contribution in [0.5, 0.6) is 23.0 Å². The summed E-state index contributed by atoms with van der Waals surface area (Å²) >= 11 is 24.0. The molecule has 0 saturated carbocycles. The molecule has 2 heterocycles. The van der Waals surface area contributed by atoms with E-state index in [1.54, 1.807) is 60.7 Å². The van der Waals surface area contributed by atoms with Crippen molar-refractivity contribution in [1.82, 2.24) is 14.9 Å². The van der Waals surface area contributed by atoms with E-state index < -0.39 is 0 Å². The number of unbranched alkanes of at least 4 members (excludes halogenated alkanes) is 1. The van der Waals surface area contributed by atoms with Gasteiger partial charge in [-0.3, -0.25) is 4.79 Å². The molecule has 1 aromatic heterocycles. The lowest BCUT2D eigenvalue weighted by molar-refractivity contribution is 0.101. The first-order valence-electron chi connectivity index (χ1n) is 17.0. The number of rotatable bonds is 10. The average molecular weight is 810 g/mol. The summed E-state index contributed by atoms with van der Waals surface area (Å²) in [5.74, 6) is 3.54. The van der Waals surface area contributed by atoms with Gasteiger partial charge in [0.05, 0.1) is 15.7 Å². The summed E-state index contributed by atoms with van der Waals surface area (Å²) in [6.07, 6.45) is 6.42. The number of hydrogen-bond donors (Lipinski definition) is 1. The first kappa shape index (κ1) is 40.2. The van der Waals surface area contributed by atoms with Crippen molar-refractivity contribution in [1.29, 1.82) is 0 Å². The maximum Gasteiger partial charge on any atom is 0.159 e. The predicted octanol–water partition coefficient (Wildman–Crippen LogP) is 13.0. The maximum absolute atomic E-state index is 11.1. The van der Waals surface area contributed by atoms with Gasteiger partial charge in [0, 0.05) is 46.0 Å². The van der Waals surface area contributed by atoms with E-state index in [-0.39, 0.29) is 18.2 Å². The summed E-state index contributed by atoms with van der Waals surface area (Å²) in [5, 5.41) is 5.54. The highest BCUT2D eigenvalue weighted by atomic mass is 35.5. The molecular weight excluding hydrogens is 772 g/mol. The van der Waals surface area contributed by atoms with E-state index in [1.165, 1.54) is 23.7 Å². The Bertz CT molecular complexity index is 2170. The van der Waals surface area contributed by atoms with Gasteiger partial charge in [-0.15, -0.1) is 12.4 Å². The molecule has 5 aromatic carbocycles. The molecule has 0 unspecified atom stereocenters. The number of Topliss-reactive ketones (excluding diaryl/α,β-unsaturated/α-hetero) is 1. The number of halogens is 5. The van der Waals surface area contributed by atoms with Crippen molar-refractivity contribution in [3.05, 3.63) is 152 Å². The molecule has 6 nitrogen and oxygen atoms in total. The molecule has 6 aromatic rings. The van der Waals surface area contributed by atoms with Gasteiger partial charge in [0.15, 0.2) is 5.78 Å². The van der Waals surface area contributed by atoms with Gasteiger partial charge < -0.3 is 19.4 Å². The highest BCUT2D eigenvalue weighted by Gasteiger charge is 2.15. The van der Waals surface area contributed by atoms with Crippen LogP contribution in [-0.2, 0) is 19.4 Å². The van der Waals surface area contributed by atoms with Crippen LogP contribution in [0.4, 0.5) is 0 Å². The Balaban J connectivity index is 0.000000242. The minimum atomic E-state index is 0. The lowest BCUT2D eigenvalue weighted by Gasteiger charge is -2.18. The molecule has 7 rings (SSSR count). The minimum Gasteiger partial charge on any atom is -0.456 e. The lowest BCUT2D eigenvalue weighted by atomic mass is 10.0. The Morgan fingerprint density at radius 3 is 1.94 bits per heavy atom. The lowest BCUT2D eigenvalue weighted by Crippen LogP contribution is -2.23. The quantitative estimate of drug-likeness (QED) is 0.140. The third-order valence-corrected chi connectivity index (χ3v) is 9.60. The molecular formula is C42H38Cl5N3O3.